The van der Waals surface area contributed by atoms with Crippen molar-refractivity contribution in [2.24, 2.45) is 0 Å². The average Bonchev–Trinajstić information content (AvgIpc) is 3.12. The Kier molecular flexibility index (Phi) is 3.66. The van der Waals surface area contributed by atoms with Gasteiger partial charge in [-0.3, -0.25) is 0 Å². The molecule has 124 valence electrons. The van der Waals surface area contributed by atoms with Gasteiger partial charge >= 0.3 is 0 Å². The molecule has 0 aliphatic carbocycles. The highest BCUT2D eigenvalue weighted by Gasteiger charge is 2.18. The van der Waals surface area contributed by atoms with Crippen LogP contribution in [0.25, 0.3) is 22.0 Å². The van der Waals surface area contributed by atoms with Gasteiger partial charge < -0.3 is 0 Å². The fourth-order valence-corrected chi connectivity index (χ4v) is 3.96. The minimum Gasteiger partial charge on any atom is -0.199 e. The van der Waals surface area contributed by atoms with Gasteiger partial charge in [0.25, 0.3) is 10.0 Å². The molecule has 4 aromatic rings. The second-order valence-corrected chi connectivity index (χ2v) is 7.71. The van der Waals surface area contributed by atoms with Crippen LogP contribution >= 0.6 is 0 Å². The summed E-state index contributed by atoms with van der Waals surface area (Å²) in [6.45, 7) is 1.92. The van der Waals surface area contributed by atoms with Crippen molar-refractivity contribution in [1.82, 2.24) is 9.19 Å². The zero-order valence-corrected chi connectivity index (χ0v) is 14.4. The first-order chi connectivity index (χ1) is 12.1. The van der Waals surface area contributed by atoms with E-state index < -0.39 is 10.0 Å². The van der Waals surface area contributed by atoms with Crippen LogP contribution in [0.1, 0.15) is 5.56 Å². The number of aromatic nitrogens is 2. The van der Waals surface area contributed by atoms with Gasteiger partial charge in [0.05, 0.1) is 10.6 Å². The molecule has 0 N–H and O–H groups in total. The highest BCUT2D eigenvalue weighted by Crippen LogP contribution is 2.27. The Labute approximate surface area is 146 Å². The van der Waals surface area contributed by atoms with Gasteiger partial charge in [0, 0.05) is 11.8 Å². The van der Waals surface area contributed by atoms with Gasteiger partial charge in [0.15, 0.2) is 0 Å². The topological polar surface area (TPSA) is 52.0 Å². The fraction of sp³-hybridized carbons (Fsp3) is 0.0500. The highest BCUT2D eigenvalue weighted by atomic mass is 32.2. The van der Waals surface area contributed by atoms with E-state index in [1.807, 2.05) is 49.4 Å². The lowest BCUT2D eigenvalue weighted by molar-refractivity contribution is 0.580. The lowest BCUT2D eigenvalue weighted by Gasteiger charge is -2.06. The normalized spacial score (nSPS) is 11.7. The molecule has 0 aliphatic rings. The maximum atomic E-state index is 12.8. The van der Waals surface area contributed by atoms with Crippen molar-refractivity contribution in [1.29, 1.82) is 0 Å². The first-order valence-corrected chi connectivity index (χ1v) is 9.36. The Morgan fingerprint density at radius 1 is 0.840 bits per heavy atom. The molecule has 4 nitrogen and oxygen atoms in total. The molecular weight excluding hydrogens is 332 g/mol. The standard InChI is InChI=1S/C20H16N2O2S/c1-15-9-11-17(12-10-15)25(23,24)22-14-13-20(21-22)19-8-4-6-16-5-2-3-7-18(16)19/h2-14H,1H3. The number of fused-ring (bicyclic) bond motifs is 1. The summed E-state index contributed by atoms with van der Waals surface area (Å²) in [7, 11) is -3.69. The Morgan fingerprint density at radius 3 is 2.36 bits per heavy atom. The van der Waals surface area contributed by atoms with Crippen molar-refractivity contribution in [3.63, 3.8) is 0 Å². The maximum absolute atomic E-state index is 12.8. The van der Waals surface area contributed by atoms with Gasteiger partial charge in [-0.25, -0.2) is 0 Å². The van der Waals surface area contributed by atoms with Crippen LogP contribution in [-0.4, -0.2) is 17.6 Å². The minimum absolute atomic E-state index is 0.227. The number of rotatable bonds is 3. The zero-order valence-electron chi connectivity index (χ0n) is 13.6. The van der Waals surface area contributed by atoms with E-state index in [1.165, 1.54) is 6.20 Å². The molecule has 0 radical (unpaired) electrons. The average molecular weight is 348 g/mol. The van der Waals surface area contributed by atoms with Crippen LogP contribution in [0.15, 0.2) is 83.9 Å². The largest absolute Gasteiger partial charge is 0.282 e. The highest BCUT2D eigenvalue weighted by molar-refractivity contribution is 7.89. The molecule has 0 unspecified atom stereocenters. The van der Waals surface area contributed by atoms with Crippen LogP contribution in [0.5, 0.6) is 0 Å². The van der Waals surface area contributed by atoms with E-state index in [9.17, 15) is 8.42 Å². The summed E-state index contributed by atoms with van der Waals surface area (Å²) in [4.78, 5) is 0.227. The molecule has 0 bridgehead atoms. The van der Waals surface area contributed by atoms with E-state index in [-0.39, 0.29) is 4.90 Å². The smallest absolute Gasteiger partial charge is 0.199 e. The number of hydrogen-bond donors (Lipinski definition) is 0. The van der Waals surface area contributed by atoms with Crippen molar-refractivity contribution in [2.45, 2.75) is 11.8 Å². The van der Waals surface area contributed by atoms with Crippen LogP contribution in [0, 0.1) is 6.92 Å². The minimum atomic E-state index is -3.69. The van der Waals surface area contributed by atoms with Crippen LogP contribution in [-0.2, 0) is 10.0 Å². The van der Waals surface area contributed by atoms with Gasteiger partial charge in [0.2, 0.25) is 0 Å². The predicted molar refractivity (Wildman–Crippen MR) is 98.9 cm³/mol. The lowest BCUT2D eigenvalue weighted by atomic mass is 10.0. The summed E-state index contributed by atoms with van der Waals surface area (Å²) >= 11 is 0. The van der Waals surface area contributed by atoms with E-state index in [2.05, 4.69) is 5.10 Å². The molecule has 4 rings (SSSR count). The molecule has 1 heterocycles. The molecule has 0 atom stereocenters. The predicted octanol–water partition coefficient (Wildman–Crippen LogP) is 4.25. The molecule has 0 saturated carbocycles. The van der Waals surface area contributed by atoms with Gasteiger partial charge in [-0.05, 0) is 35.9 Å². The van der Waals surface area contributed by atoms with Crippen molar-refractivity contribution in [2.75, 3.05) is 0 Å². The molecular formula is C20H16N2O2S. The maximum Gasteiger partial charge on any atom is 0.282 e. The molecule has 0 spiro atoms. The number of hydrogen-bond acceptors (Lipinski definition) is 3. The van der Waals surface area contributed by atoms with Gasteiger partial charge in [-0.15, -0.1) is 0 Å². The van der Waals surface area contributed by atoms with E-state index in [4.69, 9.17) is 0 Å². The molecule has 1 aromatic heterocycles. The first-order valence-electron chi connectivity index (χ1n) is 7.92. The summed E-state index contributed by atoms with van der Waals surface area (Å²) in [5.41, 5.74) is 2.55. The van der Waals surface area contributed by atoms with E-state index in [0.29, 0.717) is 5.69 Å². The molecule has 0 saturated heterocycles. The van der Waals surface area contributed by atoms with E-state index in [0.717, 1.165) is 26.0 Å². The zero-order chi connectivity index (χ0) is 17.4. The molecule has 3 aromatic carbocycles. The number of benzene rings is 3. The van der Waals surface area contributed by atoms with Crippen molar-refractivity contribution in [3.8, 4) is 11.3 Å². The third-order valence-corrected chi connectivity index (χ3v) is 5.76. The molecule has 0 fully saturated rings. The molecule has 0 aliphatic heterocycles. The summed E-state index contributed by atoms with van der Waals surface area (Å²) in [6.07, 6.45) is 1.49. The lowest BCUT2D eigenvalue weighted by Crippen LogP contribution is -2.13. The molecule has 0 amide bonds. The Morgan fingerprint density at radius 2 is 1.56 bits per heavy atom. The SMILES string of the molecule is Cc1ccc(S(=O)(=O)n2ccc(-c3cccc4ccccc34)n2)cc1. The number of aryl methyl sites for hydroxylation is 1. The monoisotopic (exact) mass is 348 g/mol. The third-order valence-electron chi connectivity index (χ3n) is 4.20. The van der Waals surface area contributed by atoms with Gasteiger partial charge in [0.1, 0.15) is 0 Å². The first kappa shape index (κ1) is 15.6. The summed E-state index contributed by atoms with van der Waals surface area (Å²) < 4.78 is 26.5. The Bertz CT molecular complexity index is 1150. The summed E-state index contributed by atoms with van der Waals surface area (Å²) in [5.74, 6) is 0. The van der Waals surface area contributed by atoms with Crippen molar-refractivity contribution < 1.29 is 8.42 Å². The fourth-order valence-electron chi connectivity index (χ4n) is 2.85. The Hall–Kier alpha value is -2.92. The second-order valence-electron chi connectivity index (χ2n) is 5.92. The van der Waals surface area contributed by atoms with Crippen LogP contribution < -0.4 is 0 Å². The van der Waals surface area contributed by atoms with Gasteiger partial charge in [-0.2, -0.15) is 17.6 Å². The second kappa shape index (κ2) is 5.86. The quantitative estimate of drug-likeness (QED) is 0.556. The van der Waals surface area contributed by atoms with Crippen LogP contribution in [0.3, 0.4) is 0 Å². The van der Waals surface area contributed by atoms with Gasteiger partial charge in [-0.1, -0.05) is 60.2 Å². The van der Waals surface area contributed by atoms with Crippen molar-refractivity contribution in [3.05, 3.63) is 84.6 Å². The van der Waals surface area contributed by atoms with Crippen LogP contribution in [0.4, 0.5) is 0 Å². The Balaban J connectivity index is 1.81. The summed E-state index contributed by atoms with van der Waals surface area (Å²) in [5, 5.41) is 6.47. The number of nitrogens with zero attached hydrogens (tertiary/aromatic N) is 2. The van der Waals surface area contributed by atoms with E-state index in [1.54, 1.807) is 30.3 Å². The summed E-state index contributed by atoms with van der Waals surface area (Å²) in [6, 6.07) is 22.4. The molecule has 25 heavy (non-hydrogen) atoms. The van der Waals surface area contributed by atoms with Crippen LogP contribution in [0.2, 0.25) is 0 Å². The third kappa shape index (κ3) is 2.72. The van der Waals surface area contributed by atoms with Crippen molar-refractivity contribution >= 4 is 20.8 Å². The molecule has 5 heteroatoms. The van der Waals surface area contributed by atoms with E-state index >= 15 is 0 Å².